The molecule has 1 aromatic carbocycles. The van der Waals surface area contributed by atoms with Gasteiger partial charge < -0.3 is 24.5 Å². The molecule has 1 N–H and O–H groups in total. The van der Waals surface area contributed by atoms with Crippen LogP contribution in [0.2, 0.25) is 0 Å². The quantitative estimate of drug-likeness (QED) is 0.140. The molecular weight excluding hydrogens is 574 g/mol. The zero-order valence-electron chi connectivity index (χ0n) is 27.0. The molecule has 3 aliphatic heterocycles. The summed E-state index contributed by atoms with van der Waals surface area (Å²) in [7, 11) is 0. The Morgan fingerprint density at radius 3 is 2.41 bits per heavy atom. The Morgan fingerprint density at radius 2 is 1.82 bits per heavy atom. The molecule has 1 spiro atoms. The average Bonchev–Trinajstić information content (AvgIpc) is 3.66. The monoisotopic (exact) mass is 625 g/mol. The number of likely N-dealkylation sites (tertiary alicyclic amines) is 1. The van der Waals surface area contributed by atoms with Gasteiger partial charge in [-0.2, -0.15) is 0 Å². The lowest BCUT2D eigenvalue weighted by Crippen LogP contribution is -2.57. The largest absolute Gasteiger partial charge is 0.465 e. The third-order valence-corrected chi connectivity index (χ3v) is 11.5. The van der Waals surface area contributed by atoms with Gasteiger partial charge in [-0.25, -0.2) is 0 Å². The number of fused-ring (bicyclic) bond motifs is 1. The zero-order valence-corrected chi connectivity index (χ0v) is 27.8. The third kappa shape index (κ3) is 6.45. The van der Waals surface area contributed by atoms with Crippen molar-refractivity contribution in [2.75, 3.05) is 42.6 Å². The van der Waals surface area contributed by atoms with Crippen LogP contribution in [0.25, 0.3) is 0 Å². The molecular formula is C35H51N3O5S. The molecule has 2 amide bonds. The summed E-state index contributed by atoms with van der Waals surface area (Å²) < 4.78 is 4.99. The number of aliphatic hydroxyl groups is 1. The highest BCUT2D eigenvalue weighted by Gasteiger charge is 2.74. The van der Waals surface area contributed by atoms with E-state index < -0.39 is 28.7 Å². The van der Waals surface area contributed by atoms with Crippen molar-refractivity contribution < 1.29 is 24.2 Å². The van der Waals surface area contributed by atoms with Crippen molar-refractivity contribution in [1.82, 2.24) is 4.90 Å². The number of anilines is 2. The van der Waals surface area contributed by atoms with Crippen molar-refractivity contribution in [1.29, 1.82) is 0 Å². The number of aliphatic hydroxyl groups excluding tert-OH is 1. The van der Waals surface area contributed by atoms with Gasteiger partial charge in [0.15, 0.2) is 0 Å². The number of unbranched alkanes of at least 4 members (excludes halogenated alkanes) is 2. The first kappa shape index (κ1) is 34.1. The number of esters is 1. The summed E-state index contributed by atoms with van der Waals surface area (Å²) in [6.45, 7) is 18.1. The van der Waals surface area contributed by atoms with Gasteiger partial charge in [0, 0.05) is 36.3 Å². The lowest BCUT2D eigenvalue weighted by molar-refractivity contribution is -0.154. The van der Waals surface area contributed by atoms with Crippen LogP contribution in [0.15, 0.2) is 49.6 Å². The summed E-state index contributed by atoms with van der Waals surface area (Å²) in [5, 5.41) is 10.5. The Balaban J connectivity index is 1.71. The Hall–Kier alpha value is -2.78. The molecule has 44 heavy (non-hydrogen) atoms. The Bertz CT molecular complexity index is 1190. The highest BCUT2D eigenvalue weighted by atomic mass is 32.2. The highest BCUT2D eigenvalue weighted by Crippen LogP contribution is 2.67. The van der Waals surface area contributed by atoms with Crippen LogP contribution in [0.3, 0.4) is 0 Å². The number of carbonyl (C=O) groups excluding carboxylic acids is 3. The number of hydrogen-bond donors (Lipinski definition) is 1. The van der Waals surface area contributed by atoms with Gasteiger partial charge in [-0.05, 0) is 82.6 Å². The Kier molecular flexibility index (Phi) is 11.6. The van der Waals surface area contributed by atoms with E-state index in [-0.39, 0.29) is 42.1 Å². The van der Waals surface area contributed by atoms with Crippen molar-refractivity contribution in [3.63, 3.8) is 0 Å². The molecule has 1 aromatic rings. The molecule has 0 aromatic heterocycles. The van der Waals surface area contributed by atoms with Gasteiger partial charge in [-0.1, -0.05) is 26.0 Å². The van der Waals surface area contributed by atoms with E-state index in [2.05, 4.69) is 31.9 Å². The number of ether oxygens (including phenoxy) is 1. The van der Waals surface area contributed by atoms with Crippen LogP contribution in [-0.4, -0.2) is 82.7 Å². The van der Waals surface area contributed by atoms with Gasteiger partial charge in [0.2, 0.25) is 5.91 Å². The first-order valence-electron chi connectivity index (χ1n) is 16.3. The van der Waals surface area contributed by atoms with Gasteiger partial charge >= 0.3 is 5.97 Å². The molecule has 9 heteroatoms. The van der Waals surface area contributed by atoms with Gasteiger partial charge in [-0.15, -0.1) is 24.9 Å². The number of carbonyl (C=O) groups is 3. The van der Waals surface area contributed by atoms with E-state index in [1.165, 1.54) is 0 Å². The molecule has 6 atom stereocenters. The van der Waals surface area contributed by atoms with Crippen LogP contribution in [-0.2, 0) is 19.1 Å². The van der Waals surface area contributed by atoms with Gasteiger partial charge in [-0.3, -0.25) is 14.4 Å². The molecule has 3 fully saturated rings. The minimum atomic E-state index is -0.807. The maximum atomic E-state index is 14.9. The van der Waals surface area contributed by atoms with E-state index in [1.807, 2.05) is 44.2 Å². The summed E-state index contributed by atoms with van der Waals surface area (Å²) in [5.41, 5.74) is 1.81. The number of allylic oxidation sites excluding steroid dienone is 1. The summed E-state index contributed by atoms with van der Waals surface area (Å²) in [6, 6.07) is 6.62. The zero-order chi connectivity index (χ0) is 32.0. The second-order valence-electron chi connectivity index (χ2n) is 12.6. The Labute approximate surface area is 267 Å². The SMILES string of the molecule is C=CCCCCOC(=O)[C@@H]1[C@@H]2CCC3(S2)C(C(=O)N(CC=C)c2ccc(N(CC)CC)cc2)N([C@@H](CO)CC(C)C)C(=O)[C@H]13. The fourth-order valence-corrected chi connectivity index (χ4v) is 9.73. The molecule has 3 aliphatic rings. The molecule has 0 radical (unpaired) electrons. The minimum Gasteiger partial charge on any atom is -0.465 e. The molecule has 8 nitrogen and oxygen atoms in total. The molecule has 4 rings (SSSR count). The van der Waals surface area contributed by atoms with E-state index >= 15 is 0 Å². The topological polar surface area (TPSA) is 90.4 Å². The lowest BCUT2D eigenvalue weighted by Gasteiger charge is -2.40. The predicted molar refractivity (Wildman–Crippen MR) is 179 cm³/mol. The second-order valence-corrected chi connectivity index (χ2v) is 14.2. The predicted octanol–water partition coefficient (Wildman–Crippen LogP) is 5.45. The van der Waals surface area contributed by atoms with Crippen LogP contribution in [0.5, 0.6) is 0 Å². The summed E-state index contributed by atoms with van der Waals surface area (Å²) in [4.78, 5) is 48.5. The van der Waals surface area contributed by atoms with Crippen LogP contribution in [0.1, 0.15) is 66.2 Å². The van der Waals surface area contributed by atoms with Crippen LogP contribution >= 0.6 is 11.8 Å². The molecule has 2 bridgehead atoms. The van der Waals surface area contributed by atoms with Crippen molar-refractivity contribution in [3.05, 3.63) is 49.6 Å². The summed E-state index contributed by atoms with van der Waals surface area (Å²) in [5.74, 6) is -1.79. The number of nitrogens with zero attached hydrogens (tertiary/aromatic N) is 3. The molecule has 3 heterocycles. The first-order valence-corrected chi connectivity index (χ1v) is 17.2. The van der Waals surface area contributed by atoms with Crippen LogP contribution in [0.4, 0.5) is 11.4 Å². The molecule has 2 unspecified atom stereocenters. The number of benzene rings is 1. The molecule has 0 saturated carbocycles. The standard InChI is InChI=1S/C35H51N3O5S/c1-7-11-12-13-21-43-34(42)29-28-18-19-35(44-28)30(29)32(40)38(27(23-39)22-24(5)6)31(35)33(41)37(20-8-2)26-16-14-25(15-17-26)36(9-3)10-4/h7-8,14-17,24,27-31,39H,1-2,9-13,18-23H2,3-6H3/t27-,28+,29-,30+,31?,35?/m1/s1. The lowest BCUT2D eigenvalue weighted by atomic mass is 9.71. The number of thioether (sulfide) groups is 1. The summed E-state index contributed by atoms with van der Waals surface area (Å²) in [6.07, 6.45) is 8.01. The van der Waals surface area contributed by atoms with E-state index in [4.69, 9.17) is 4.74 Å². The number of rotatable bonds is 17. The van der Waals surface area contributed by atoms with Crippen molar-refractivity contribution in [3.8, 4) is 0 Å². The third-order valence-electron chi connectivity index (χ3n) is 9.51. The molecule has 3 saturated heterocycles. The van der Waals surface area contributed by atoms with Crippen molar-refractivity contribution in [2.45, 2.75) is 88.3 Å². The van der Waals surface area contributed by atoms with Gasteiger partial charge in [0.1, 0.15) is 6.04 Å². The van der Waals surface area contributed by atoms with E-state index in [1.54, 1.807) is 27.6 Å². The van der Waals surface area contributed by atoms with E-state index in [9.17, 15) is 19.5 Å². The highest BCUT2D eigenvalue weighted by molar-refractivity contribution is 8.02. The maximum absolute atomic E-state index is 14.9. The van der Waals surface area contributed by atoms with Gasteiger partial charge in [0.05, 0.1) is 35.8 Å². The fraction of sp³-hybridized carbons (Fsp3) is 0.629. The van der Waals surface area contributed by atoms with E-state index in [0.717, 1.165) is 50.1 Å². The van der Waals surface area contributed by atoms with Crippen LogP contribution < -0.4 is 9.80 Å². The summed E-state index contributed by atoms with van der Waals surface area (Å²) >= 11 is 1.63. The van der Waals surface area contributed by atoms with E-state index in [0.29, 0.717) is 19.4 Å². The maximum Gasteiger partial charge on any atom is 0.310 e. The average molecular weight is 626 g/mol. The minimum absolute atomic E-state index is 0.0686. The van der Waals surface area contributed by atoms with Crippen molar-refractivity contribution >= 4 is 40.9 Å². The fourth-order valence-electron chi connectivity index (χ4n) is 7.54. The molecule has 242 valence electrons. The smallest absolute Gasteiger partial charge is 0.310 e. The first-order chi connectivity index (χ1) is 21.2. The Morgan fingerprint density at radius 1 is 1.14 bits per heavy atom. The number of hydrogen-bond acceptors (Lipinski definition) is 7. The van der Waals surface area contributed by atoms with Crippen LogP contribution in [0, 0.1) is 17.8 Å². The number of amides is 2. The molecule has 0 aliphatic carbocycles. The van der Waals surface area contributed by atoms with Crippen molar-refractivity contribution in [2.24, 2.45) is 17.8 Å². The van der Waals surface area contributed by atoms with Gasteiger partial charge in [0.25, 0.3) is 5.91 Å². The second kappa shape index (κ2) is 15.0. The normalized spacial score (nSPS) is 26.0.